The van der Waals surface area contributed by atoms with Crippen LogP contribution < -0.4 is 4.84 Å². The first kappa shape index (κ1) is 10.1. The van der Waals surface area contributed by atoms with Crippen molar-refractivity contribution in [2.24, 2.45) is 0 Å². The molecule has 0 spiro atoms. The van der Waals surface area contributed by atoms with Crippen molar-refractivity contribution in [2.75, 3.05) is 0 Å². The maximum absolute atomic E-state index is 5.09. The fourth-order valence-electron chi connectivity index (χ4n) is 0. The van der Waals surface area contributed by atoms with Crippen molar-refractivity contribution in [1.82, 2.24) is 4.84 Å². The van der Waals surface area contributed by atoms with Gasteiger partial charge in [0.2, 0.25) is 0 Å². The van der Waals surface area contributed by atoms with Gasteiger partial charge in [0.1, 0.15) is 0 Å². The molecule has 1 N–H and O–H groups in total. The van der Waals surface area contributed by atoms with Crippen LogP contribution in [0.5, 0.6) is 0 Å². The summed E-state index contributed by atoms with van der Waals surface area (Å²) in [6.07, 6.45) is 0. The Kier molecular flexibility index (Phi) is 10.1. The van der Waals surface area contributed by atoms with Gasteiger partial charge in [0.15, 0.2) is 0 Å². The monoisotopic (exact) mass is 119 g/mol. The van der Waals surface area contributed by atoms with Gasteiger partial charge >= 0.3 is 23.1 Å². The minimum Gasteiger partial charge on any atom is -1.00 e. The molecule has 0 aliphatic rings. The van der Waals surface area contributed by atoms with Crippen LogP contribution in [0.15, 0.2) is 0 Å². The summed E-state index contributed by atoms with van der Waals surface area (Å²) in [6.45, 7) is 3.96. The molecule has 0 rings (SSSR count). The Morgan fingerprint density at radius 2 is 1.83 bits per heavy atom. The molecule has 6 heavy (non-hydrogen) atoms. The molecule has 1 nitrogen and oxygen atoms in total. The van der Waals surface area contributed by atoms with E-state index in [1.54, 1.807) is 0 Å². The van der Waals surface area contributed by atoms with Gasteiger partial charge in [-0.05, 0) is 25.6 Å². The predicted octanol–water partition coefficient (Wildman–Crippen LogP) is 0.982. The van der Waals surface area contributed by atoms with Gasteiger partial charge in [-0.15, -0.1) is 0 Å². The minimum absolute atomic E-state index is 0. The zero-order chi connectivity index (χ0) is 4.28. The van der Waals surface area contributed by atoms with Crippen LogP contribution in [0.3, 0.4) is 0 Å². The maximum Gasteiger partial charge on any atom is 2.00 e. The molecule has 0 saturated carbocycles. The molecule has 0 amide bonds. The number of nitrogens with one attached hydrogen (secondary N) is 1. The van der Waals surface area contributed by atoms with Crippen LogP contribution in [0.2, 0.25) is 0 Å². The second-order valence-electron chi connectivity index (χ2n) is 1.26. The number of hydrogen-bond donors (Lipinski definition) is 1. The molecule has 0 fully saturated rings. The van der Waals surface area contributed by atoms with Crippen molar-refractivity contribution in [1.29, 1.82) is 0 Å². The molecule has 0 unspecified atom stereocenters. The third-order valence-electron chi connectivity index (χ3n) is 0.218. The average Bonchev–Trinajstić information content (AvgIpc) is 1.38. The number of rotatable bonds is 1. The van der Waals surface area contributed by atoms with Crippen LogP contribution >= 0.6 is 11.8 Å². The molecule has 0 radical (unpaired) electrons. The van der Waals surface area contributed by atoms with E-state index in [1.165, 1.54) is 0 Å². The van der Waals surface area contributed by atoms with Gasteiger partial charge in [-0.25, -0.2) is 4.84 Å². The Morgan fingerprint density at radius 1 is 1.67 bits per heavy atom. The second kappa shape index (κ2) is 6.02. The largest absolute Gasteiger partial charge is 2.00 e. The zero-order valence-electron chi connectivity index (χ0n) is 6.16. The summed E-state index contributed by atoms with van der Waals surface area (Å²) >= 11 is 5.09. The van der Waals surface area contributed by atoms with Crippen LogP contribution in [0.1, 0.15) is 16.7 Å². The van der Waals surface area contributed by atoms with Crippen molar-refractivity contribution in [2.45, 2.75) is 19.9 Å². The van der Waals surface area contributed by atoms with Gasteiger partial charge in [-0.1, -0.05) is 0 Å². The van der Waals surface area contributed by atoms with Crippen molar-refractivity contribution in [3.63, 3.8) is 0 Å². The fraction of sp³-hybridized carbons (Fsp3) is 1.00. The Labute approximate surface area is 62.7 Å². The van der Waals surface area contributed by atoms with E-state index in [-0.39, 0.29) is 25.9 Å². The topological polar surface area (TPSA) is 12.0 Å². The van der Waals surface area contributed by atoms with E-state index in [0.717, 1.165) is 0 Å². The van der Waals surface area contributed by atoms with E-state index in [9.17, 15) is 0 Å². The van der Waals surface area contributed by atoms with E-state index in [0.29, 0.717) is 6.04 Å². The molecule has 0 aromatic heterocycles. The second-order valence-corrected chi connectivity index (χ2v) is 1.48. The van der Waals surface area contributed by atoms with Crippen molar-refractivity contribution >= 4 is 34.8 Å². The van der Waals surface area contributed by atoms with Crippen molar-refractivity contribution in [3.05, 3.63) is 0 Å². The standard InChI is InChI=1S/C3H8ClN.Mg.2H/c1-3(2)5-4;;;/h3,5H,1-2H3;;;/q;+2;2*-1. The third kappa shape index (κ3) is 8.89. The summed E-state index contributed by atoms with van der Waals surface area (Å²) in [5.41, 5.74) is 0. The first-order chi connectivity index (χ1) is 2.27. The van der Waals surface area contributed by atoms with Gasteiger partial charge in [-0.2, -0.15) is 0 Å². The molecule has 0 saturated heterocycles. The SMILES string of the molecule is CC(C)NCl.[H-].[H-].[Mg+2]. The van der Waals surface area contributed by atoms with Gasteiger partial charge < -0.3 is 2.85 Å². The quantitative estimate of drug-likeness (QED) is 0.401. The van der Waals surface area contributed by atoms with Gasteiger partial charge in [0.25, 0.3) is 0 Å². The van der Waals surface area contributed by atoms with E-state index in [1.807, 2.05) is 13.8 Å². The Balaban J connectivity index is -0.0000000267. The summed E-state index contributed by atoms with van der Waals surface area (Å²) < 4.78 is 0. The van der Waals surface area contributed by atoms with Crippen LogP contribution in [0.25, 0.3) is 0 Å². The van der Waals surface area contributed by atoms with E-state index < -0.39 is 0 Å². The molecule has 36 valence electrons. The van der Waals surface area contributed by atoms with Crippen LogP contribution in [0, 0.1) is 0 Å². The van der Waals surface area contributed by atoms with Crippen LogP contribution in [0.4, 0.5) is 0 Å². The molecule has 0 aromatic rings. The molecule has 0 atom stereocenters. The molecule has 0 aliphatic carbocycles. The van der Waals surface area contributed by atoms with E-state index in [2.05, 4.69) is 4.84 Å². The molecule has 3 heteroatoms. The third-order valence-corrected chi connectivity index (χ3v) is 0.655. The first-order valence-corrected chi connectivity index (χ1v) is 2.01. The minimum atomic E-state index is 0. The Bertz CT molecular complexity index is 31.2. The summed E-state index contributed by atoms with van der Waals surface area (Å²) in [6, 6.07) is 0.400. The molecule has 0 heterocycles. The Morgan fingerprint density at radius 3 is 1.83 bits per heavy atom. The summed E-state index contributed by atoms with van der Waals surface area (Å²) in [5, 5.41) is 0. The molecule has 0 bridgehead atoms. The van der Waals surface area contributed by atoms with E-state index >= 15 is 0 Å². The average molecular weight is 120 g/mol. The predicted molar refractivity (Wildman–Crippen MR) is 32.1 cm³/mol. The van der Waals surface area contributed by atoms with Gasteiger partial charge in [0.05, 0.1) is 0 Å². The first-order valence-electron chi connectivity index (χ1n) is 1.63. The number of halogens is 1. The zero-order valence-corrected chi connectivity index (χ0v) is 6.33. The van der Waals surface area contributed by atoms with Crippen molar-refractivity contribution < 1.29 is 2.85 Å². The molecule has 0 aromatic carbocycles. The van der Waals surface area contributed by atoms with Crippen molar-refractivity contribution in [3.8, 4) is 0 Å². The number of hydrogen-bond acceptors (Lipinski definition) is 1. The van der Waals surface area contributed by atoms with Crippen LogP contribution in [-0.4, -0.2) is 29.1 Å². The normalized spacial score (nSPS) is 8.00. The maximum atomic E-state index is 5.09. The molecular formula is C3H10ClMgN. The van der Waals surface area contributed by atoms with Gasteiger partial charge in [0, 0.05) is 6.04 Å². The molecular weight excluding hydrogens is 110 g/mol. The Hall–Kier alpha value is 1.02. The smallest absolute Gasteiger partial charge is 1.00 e. The fourth-order valence-corrected chi connectivity index (χ4v) is 0. The molecule has 0 aliphatic heterocycles. The van der Waals surface area contributed by atoms with Crippen LogP contribution in [-0.2, 0) is 0 Å². The summed E-state index contributed by atoms with van der Waals surface area (Å²) in [7, 11) is 0. The summed E-state index contributed by atoms with van der Waals surface area (Å²) in [4.78, 5) is 2.50. The van der Waals surface area contributed by atoms with E-state index in [4.69, 9.17) is 11.8 Å². The summed E-state index contributed by atoms with van der Waals surface area (Å²) in [5.74, 6) is 0. The van der Waals surface area contributed by atoms with Gasteiger partial charge in [-0.3, -0.25) is 0 Å².